The maximum absolute atomic E-state index is 12.1. The second-order valence-corrected chi connectivity index (χ2v) is 5.34. The lowest BCUT2D eigenvalue weighted by molar-refractivity contribution is -0.131. The standard InChI is InChI=1S/C13H18N2O2S/c1-15(13(16)12-8-18-9-14-12)7-10-3-5-11(17-2)6-4-10/h3-6,12,14H,7-9H2,1-2H3. The fourth-order valence-electron chi connectivity index (χ4n) is 1.90. The largest absolute Gasteiger partial charge is 0.497 e. The average Bonchev–Trinajstić information content (AvgIpc) is 2.92. The molecule has 4 nitrogen and oxygen atoms in total. The number of hydrogen-bond donors (Lipinski definition) is 1. The van der Waals surface area contributed by atoms with Gasteiger partial charge in [-0.15, -0.1) is 11.8 Å². The topological polar surface area (TPSA) is 41.6 Å². The zero-order chi connectivity index (χ0) is 13.0. The third-order valence-electron chi connectivity index (χ3n) is 2.97. The normalized spacial score (nSPS) is 18.7. The van der Waals surface area contributed by atoms with Crippen molar-refractivity contribution in [2.75, 3.05) is 25.8 Å². The zero-order valence-electron chi connectivity index (χ0n) is 10.7. The van der Waals surface area contributed by atoms with Crippen molar-refractivity contribution in [2.45, 2.75) is 12.6 Å². The molecule has 18 heavy (non-hydrogen) atoms. The molecule has 1 aliphatic rings. The molecule has 0 radical (unpaired) electrons. The highest BCUT2D eigenvalue weighted by Crippen LogP contribution is 2.15. The minimum absolute atomic E-state index is 0.0294. The SMILES string of the molecule is COc1ccc(CN(C)C(=O)C2CSCN2)cc1. The molecule has 0 spiro atoms. The Hall–Kier alpha value is -1.20. The minimum atomic E-state index is -0.0294. The van der Waals surface area contributed by atoms with E-state index in [9.17, 15) is 4.79 Å². The number of methoxy groups -OCH3 is 1. The smallest absolute Gasteiger partial charge is 0.240 e. The molecule has 1 saturated heterocycles. The lowest BCUT2D eigenvalue weighted by Crippen LogP contribution is -2.42. The van der Waals surface area contributed by atoms with Gasteiger partial charge in [-0.25, -0.2) is 0 Å². The summed E-state index contributed by atoms with van der Waals surface area (Å²) in [6.45, 7) is 0.631. The quantitative estimate of drug-likeness (QED) is 0.892. The molecule has 1 aromatic rings. The van der Waals surface area contributed by atoms with Crippen molar-refractivity contribution in [3.05, 3.63) is 29.8 Å². The maximum Gasteiger partial charge on any atom is 0.240 e. The molecule has 1 N–H and O–H groups in total. The van der Waals surface area contributed by atoms with Crippen LogP contribution < -0.4 is 10.1 Å². The number of carbonyl (C=O) groups excluding carboxylic acids is 1. The zero-order valence-corrected chi connectivity index (χ0v) is 11.5. The average molecular weight is 266 g/mol. The van der Waals surface area contributed by atoms with E-state index in [4.69, 9.17) is 4.74 Å². The molecule has 0 aromatic heterocycles. The molecule has 0 bridgehead atoms. The molecular weight excluding hydrogens is 248 g/mol. The van der Waals surface area contributed by atoms with Crippen molar-refractivity contribution >= 4 is 17.7 Å². The van der Waals surface area contributed by atoms with Crippen LogP contribution in [0.2, 0.25) is 0 Å². The summed E-state index contributed by atoms with van der Waals surface area (Å²) >= 11 is 1.76. The Kier molecular flexibility index (Phi) is 4.49. The van der Waals surface area contributed by atoms with Gasteiger partial charge in [-0.1, -0.05) is 12.1 Å². The number of likely N-dealkylation sites (N-methyl/N-ethyl adjacent to an activating group) is 1. The Morgan fingerprint density at radius 1 is 1.50 bits per heavy atom. The van der Waals surface area contributed by atoms with Crippen molar-refractivity contribution in [3.63, 3.8) is 0 Å². The summed E-state index contributed by atoms with van der Waals surface area (Å²) in [4.78, 5) is 13.9. The second-order valence-electron chi connectivity index (χ2n) is 4.31. The number of carbonyl (C=O) groups is 1. The van der Waals surface area contributed by atoms with E-state index in [1.807, 2.05) is 31.3 Å². The predicted molar refractivity (Wildman–Crippen MR) is 73.7 cm³/mol. The van der Waals surface area contributed by atoms with Crippen molar-refractivity contribution in [1.82, 2.24) is 10.2 Å². The van der Waals surface area contributed by atoms with Gasteiger partial charge in [-0.2, -0.15) is 0 Å². The van der Waals surface area contributed by atoms with Crippen LogP contribution in [-0.4, -0.2) is 42.6 Å². The number of benzene rings is 1. The number of nitrogens with zero attached hydrogens (tertiary/aromatic N) is 1. The summed E-state index contributed by atoms with van der Waals surface area (Å²) in [7, 11) is 3.49. The highest BCUT2D eigenvalue weighted by molar-refractivity contribution is 7.99. The summed E-state index contributed by atoms with van der Waals surface area (Å²) in [6.07, 6.45) is 0. The van der Waals surface area contributed by atoms with Crippen molar-refractivity contribution in [3.8, 4) is 5.75 Å². The number of nitrogens with one attached hydrogen (secondary N) is 1. The first-order valence-electron chi connectivity index (χ1n) is 5.89. The van der Waals surface area contributed by atoms with E-state index in [0.717, 1.165) is 22.9 Å². The van der Waals surface area contributed by atoms with Crippen LogP contribution in [0.3, 0.4) is 0 Å². The first kappa shape index (κ1) is 13.2. The Bertz CT molecular complexity index is 402. The van der Waals surface area contributed by atoms with Gasteiger partial charge in [-0.3, -0.25) is 10.1 Å². The van der Waals surface area contributed by atoms with Gasteiger partial charge in [0.2, 0.25) is 5.91 Å². The summed E-state index contributed by atoms with van der Waals surface area (Å²) in [5.74, 6) is 2.73. The molecular formula is C13H18N2O2S. The number of hydrogen-bond acceptors (Lipinski definition) is 4. The first-order chi connectivity index (χ1) is 8.70. The van der Waals surface area contributed by atoms with Crippen LogP contribution in [0.25, 0.3) is 0 Å². The van der Waals surface area contributed by atoms with Gasteiger partial charge >= 0.3 is 0 Å². The van der Waals surface area contributed by atoms with E-state index in [1.54, 1.807) is 23.8 Å². The summed E-state index contributed by atoms with van der Waals surface area (Å²) < 4.78 is 5.11. The van der Waals surface area contributed by atoms with Crippen LogP contribution in [0.1, 0.15) is 5.56 Å². The molecule has 0 aliphatic carbocycles. The molecule has 1 amide bonds. The fraction of sp³-hybridized carbons (Fsp3) is 0.462. The highest BCUT2D eigenvalue weighted by Gasteiger charge is 2.25. The molecule has 5 heteroatoms. The monoisotopic (exact) mass is 266 g/mol. The van der Waals surface area contributed by atoms with E-state index in [0.29, 0.717) is 6.54 Å². The van der Waals surface area contributed by atoms with Crippen molar-refractivity contribution in [1.29, 1.82) is 0 Å². The second kappa shape index (κ2) is 6.11. The van der Waals surface area contributed by atoms with Crippen LogP contribution >= 0.6 is 11.8 Å². The van der Waals surface area contributed by atoms with Crippen LogP contribution in [-0.2, 0) is 11.3 Å². The Labute approximate surface area is 112 Å². The minimum Gasteiger partial charge on any atom is -0.497 e. The number of ether oxygens (including phenoxy) is 1. The predicted octanol–water partition coefficient (Wildman–Crippen LogP) is 1.32. The number of amides is 1. The molecule has 1 atom stereocenters. The molecule has 0 saturated carbocycles. The molecule has 1 aliphatic heterocycles. The Balaban J connectivity index is 1.92. The van der Waals surface area contributed by atoms with Gasteiger partial charge in [-0.05, 0) is 17.7 Å². The van der Waals surface area contributed by atoms with Crippen LogP contribution in [0.5, 0.6) is 5.75 Å². The van der Waals surface area contributed by atoms with Crippen molar-refractivity contribution in [2.24, 2.45) is 0 Å². The summed E-state index contributed by atoms with van der Waals surface area (Å²) in [5, 5.41) is 3.19. The molecule has 1 unspecified atom stereocenters. The van der Waals surface area contributed by atoms with Crippen LogP contribution in [0, 0.1) is 0 Å². The van der Waals surface area contributed by atoms with Gasteiger partial charge in [0.15, 0.2) is 0 Å². The maximum atomic E-state index is 12.1. The van der Waals surface area contributed by atoms with E-state index in [-0.39, 0.29) is 11.9 Å². The Morgan fingerprint density at radius 2 is 2.22 bits per heavy atom. The van der Waals surface area contributed by atoms with Gasteiger partial charge in [0.05, 0.1) is 13.2 Å². The molecule has 1 fully saturated rings. The molecule has 2 rings (SSSR count). The van der Waals surface area contributed by atoms with Gasteiger partial charge < -0.3 is 9.64 Å². The lowest BCUT2D eigenvalue weighted by Gasteiger charge is -2.21. The van der Waals surface area contributed by atoms with E-state index in [1.165, 1.54) is 0 Å². The third kappa shape index (κ3) is 3.17. The summed E-state index contributed by atoms with van der Waals surface area (Å²) in [5.41, 5.74) is 1.11. The molecule has 98 valence electrons. The molecule has 1 heterocycles. The van der Waals surface area contributed by atoms with E-state index < -0.39 is 0 Å². The van der Waals surface area contributed by atoms with Crippen LogP contribution in [0.4, 0.5) is 0 Å². The molecule has 1 aromatic carbocycles. The van der Waals surface area contributed by atoms with E-state index in [2.05, 4.69) is 5.32 Å². The number of rotatable bonds is 4. The van der Waals surface area contributed by atoms with Gasteiger partial charge in [0, 0.05) is 25.2 Å². The van der Waals surface area contributed by atoms with Crippen LogP contribution in [0.15, 0.2) is 24.3 Å². The highest BCUT2D eigenvalue weighted by atomic mass is 32.2. The number of thioether (sulfide) groups is 1. The van der Waals surface area contributed by atoms with Crippen molar-refractivity contribution < 1.29 is 9.53 Å². The Morgan fingerprint density at radius 3 is 2.78 bits per heavy atom. The fourth-order valence-corrected chi connectivity index (χ4v) is 2.84. The van der Waals surface area contributed by atoms with E-state index >= 15 is 0 Å². The van der Waals surface area contributed by atoms with Gasteiger partial charge in [0.1, 0.15) is 5.75 Å². The lowest BCUT2D eigenvalue weighted by atomic mass is 10.2. The summed E-state index contributed by atoms with van der Waals surface area (Å²) in [6, 6.07) is 7.77. The van der Waals surface area contributed by atoms with Gasteiger partial charge in [0.25, 0.3) is 0 Å². The third-order valence-corrected chi connectivity index (χ3v) is 3.91. The first-order valence-corrected chi connectivity index (χ1v) is 7.05.